The van der Waals surface area contributed by atoms with Gasteiger partial charge >= 0.3 is 5.97 Å². The van der Waals surface area contributed by atoms with Gasteiger partial charge in [0.15, 0.2) is 0 Å². The third kappa shape index (κ3) is 4.75. The number of piperazine rings is 1. The minimum atomic E-state index is -0.372. The monoisotopic (exact) mass is 468 g/mol. The van der Waals surface area contributed by atoms with E-state index < -0.39 is 0 Å². The second kappa shape index (κ2) is 10.0. The molecule has 0 bridgehead atoms. The molecule has 2 aromatic carbocycles. The lowest BCUT2D eigenvalue weighted by molar-refractivity contribution is 0.0525. The average Bonchev–Trinajstić information content (AvgIpc) is 2.93. The van der Waals surface area contributed by atoms with Crippen LogP contribution < -0.4 is 9.80 Å². The van der Waals surface area contributed by atoms with Crippen molar-refractivity contribution in [2.24, 2.45) is 0 Å². The number of nitrogens with zero attached hydrogens (tertiary/aromatic N) is 4. The Kier molecular flexibility index (Phi) is 6.48. The smallest absolute Gasteiger partial charge is 0.339 e. The highest BCUT2D eigenvalue weighted by molar-refractivity contribution is 5.95. The van der Waals surface area contributed by atoms with Gasteiger partial charge in [0, 0.05) is 55.9 Å². The fourth-order valence-electron chi connectivity index (χ4n) is 4.56. The number of para-hydroxylation sites is 1. The first-order valence-corrected chi connectivity index (χ1v) is 11.9. The number of aromatic nitrogens is 1. The van der Waals surface area contributed by atoms with Crippen molar-refractivity contribution in [3.63, 3.8) is 0 Å². The highest BCUT2D eigenvalue weighted by Crippen LogP contribution is 2.32. The molecule has 1 saturated heterocycles. The first-order chi connectivity index (χ1) is 17.1. The molecule has 178 valence electrons. The highest BCUT2D eigenvalue weighted by atomic mass is 16.5. The van der Waals surface area contributed by atoms with E-state index in [0.29, 0.717) is 43.9 Å². The largest absolute Gasteiger partial charge is 0.462 e. The maximum Gasteiger partial charge on any atom is 0.339 e. The van der Waals surface area contributed by atoms with Crippen molar-refractivity contribution in [1.29, 1.82) is 0 Å². The molecule has 2 aliphatic rings. The van der Waals surface area contributed by atoms with E-state index in [2.05, 4.69) is 39.1 Å². The molecule has 3 heterocycles. The molecule has 35 heavy (non-hydrogen) atoms. The summed E-state index contributed by atoms with van der Waals surface area (Å²) in [5.41, 5.74) is 5.43. The molecule has 5 rings (SSSR count). The van der Waals surface area contributed by atoms with Gasteiger partial charge in [0.1, 0.15) is 0 Å². The second-order valence-corrected chi connectivity index (χ2v) is 8.55. The summed E-state index contributed by atoms with van der Waals surface area (Å²) in [5, 5.41) is 0. The fourth-order valence-corrected chi connectivity index (χ4v) is 4.56. The van der Waals surface area contributed by atoms with E-state index in [4.69, 9.17) is 4.74 Å². The van der Waals surface area contributed by atoms with Crippen molar-refractivity contribution in [2.45, 2.75) is 6.92 Å². The minimum absolute atomic E-state index is 0.0357. The average molecular weight is 469 g/mol. The van der Waals surface area contributed by atoms with Crippen LogP contribution in [-0.4, -0.2) is 61.1 Å². The van der Waals surface area contributed by atoms with E-state index in [1.807, 2.05) is 41.3 Å². The zero-order chi connectivity index (χ0) is 24.2. The molecule has 0 atom stereocenters. The Hall–Kier alpha value is -4.13. The van der Waals surface area contributed by atoms with E-state index >= 15 is 0 Å². The molecule has 7 heteroatoms. The summed E-state index contributed by atoms with van der Waals surface area (Å²) in [5.74, 6) is -0.336. The molecule has 3 aromatic rings. The predicted octanol–water partition coefficient (Wildman–Crippen LogP) is 4.39. The summed E-state index contributed by atoms with van der Waals surface area (Å²) in [7, 11) is 0. The first kappa shape index (κ1) is 22.7. The standard InChI is InChI=1S/C28H28N4O3/c1-2-35-28(34)23-18-25(20-29-19-23)30-14-16-31(17-15-30)27(33)22-9-11-24(12-10-22)32-13-5-7-21-6-3-4-8-26(21)32/h3-12,18-20H,2,13-17H2,1H3. The van der Waals surface area contributed by atoms with Gasteiger partial charge in [0.25, 0.3) is 5.91 Å². The van der Waals surface area contributed by atoms with Crippen molar-refractivity contribution in [3.05, 3.63) is 89.8 Å². The lowest BCUT2D eigenvalue weighted by atomic mass is 10.1. The Morgan fingerprint density at radius 3 is 2.46 bits per heavy atom. The Labute approximate surface area is 205 Å². The van der Waals surface area contributed by atoms with Gasteiger partial charge in [-0.25, -0.2) is 4.79 Å². The Morgan fingerprint density at radius 1 is 0.914 bits per heavy atom. The van der Waals surface area contributed by atoms with Gasteiger partial charge in [-0.15, -0.1) is 0 Å². The van der Waals surface area contributed by atoms with E-state index in [1.165, 1.54) is 17.4 Å². The van der Waals surface area contributed by atoms with E-state index in [9.17, 15) is 9.59 Å². The van der Waals surface area contributed by atoms with Crippen LogP contribution in [0.1, 0.15) is 33.2 Å². The molecular formula is C28H28N4O3. The van der Waals surface area contributed by atoms with Crippen LogP contribution in [0.5, 0.6) is 0 Å². The van der Waals surface area contributed by atoms with Gasteiger partial charge in [-0.1, -0.05) is 30.4 Å². The lowest BCUT2D eigenvalue weighted by Crippen LogP contribution is -2.48. The Morgan fingerprint density at radius 2 is 1.69 bits per heavy atom. The first-order valence-electron chi connectivity index (χ1n) is 11.9. The van der Waals surface area contributed by atoms with Crippen LogP contribution in [0, 0.1) is 0 Å². The summed E-state index contributed by atoms with van der Waals surface area (Å²) < 4.78 is 5.08. The number of amides is 1. The number of hydrogen-bond acceptors (Lipinski definition) is 6. The Bertz CT molecular complexity index is 1250. The topological polar surface area (TPSA) is 66.0 Å². The summed E-state index contributed by atoms with van der Waals surface area (Å²) >= 11 is 0. The SMILES string of the molecule is CCOC(=O)c1cncc(N2CCN(C(=O)c3ccc(N4CC=Cc5ccccc54)cc3)CC2)c1. The van der Waals surface area contributed by atoms with Crippen LogP contribution in [0.25, 0.3) is 6.08 Å². The van der Waals surface area contributed by atoms with Crippen LogP contribution in [0.2, 0.25) is 0 Å². The summed E-state index contributed by atoms with van der Waals surface area (Å²) in [6.07, 6.45) is 7.56. The lowest BCUT2D eigenvalue weighted by Gasteiger charge is -2.36. The van der Waals surface area contributed by atoms with Crippen molar-refractivity contribution < 1.29 is 14.3 Å². The fraction of sp³-hybridized carbons (Fsp3) is 0.250. The van der Waals surface area contributed by atoms with Gasteiger partial charge in [-0.3, -0.25) is 9.78 Å². The van der Waals surface area contributed by atoms with Crippen molar-refractivity contribution >= 4 is 35.0 Å². The summed E-state index contributed by atoms with van der Waals surface area (Å²) in [6.45, 7) is 5.47. The van der Waals surface area contributed by atoms with E-state index in [1.54, 1.807) is 19.2 Å². The van der Waals surface area contributed by atoms with Crippen LogP contribution >= 0.6 is 0 Å². The third-order valence-electron chi connectivity index (χ3n) is 6.41. The normalized spacial score (nSPS) is 15.1. The number of fused-ring (bicyclic) bond motifs is 1. The second-order valence-electron chi connectivity index (χ2n) is 8.55. The number of esters is 1. The van der Waals surface area contributed by atoms with Crippen LogP contribution in [0.15, 0.2) is 73.1 Å². The molecule has 0 aliphatic carbocycles. The molecule has 1 aromatic heterocycles. The quantitative estimate of drug-likeness (QED) is 0.518. The van der Waals surface area contributed by atoms with Crippen LogP contribution in [0.4, 0.5) is 17.1 Å². The van der Waals surface area contributed by atoms with Crippen molar-refractivity contribution in [3.8, 4) is 0 Å². The number of rotatable bonds is 5. The molecular weight excluding hydrogens is 440 g/mol. The van der Waals surface area contributed by atoms with E-state index in [-0.39, 0.29) is 11.9 Å². The predicted molar refractivity (Wildman–Crippen MR) is 137 cm³/mol. The van der Waals surface area contributed by atoms with Crippen molar-refractivity contribution in [2.75, 3.05) is 49.1 Å². The molecule has 1 fully saturated rings. The number of carbonyl (C=O) groups excluding carboxylic acids is 2. The number of anilines is 3. The molecule has 0 radical (unpaired) electrons. The highest BCUT2D eigenvalue weighted by Gasteiger charge is 2.23. The van der Waals surface area contributed by atoms with Crippen LogP contribution in [0.3, 0.4) is 0 Å². The minimum Gasteiger partial charge on any atom is -0.462 e. The number of ether oxygens (including phenoxy) is 1. The zero-order valence-corrected chi connectivity index (χ0v) is 19.8. The number of pyridine rings is 1. The van der Waals surface area contributed by atoms with Gasteiger partial charge in [-0.2, -0.15) is 0 Å². The van der Waals surface area contributed by atoms with Gasteiger partial charge < -0.3 is 19.4 Å². The molecule has 1 amide bonds. The Balaban J connectivity index is 1.22. The maximum absolute atomic E-state index is 13.2. The molecule has 7 nitrogen and oxygen atoms in total. The molecule has 2 aliphatic heterocycles. The zero-order valence-electron chi connectivity index (χ0n) is 19.8. The maximum atomic E-state index is 13.2. The van der Waals surface area contributed by atoms with Gasteiger partial charge in [-0.05, 0) is 48.9 Å². The van der Waals surface area contributed by atoms with Gasteiger partial charge in [0.2, 0.25) is 0 Å². The van der Waals surface area contributed by atoms with Crippen molar-refractivity contribution in [1.82, 2.24) is 9.88 Å². The van der Waals surface area contributed by atoms with Gasteiger partial charge in [0.05, 0.1) is 24.1 Å². The third-order valence-corrected chi connectivity index (χ3v) is 6.41. The summed E-state index contributed by atoms with van der Waals surface area (Å²) in [6, 6.07) is 18.0. The number of hydrogen-bond donors (Lipinski definition) is 0. The number of carbonyl (C=O) groups is 2. The van der Waals surface area contributed by atoms with Crippen LogP contribution in [-0.2, 0) is 4.74 Å². The molecule has 0 unspecified atom stereocenters. The number of benzene rings is 2. The molecule has 0 spiro atoms. The van der Waals surface area contributed by atoms with E-state index in [0.717, 1.165) is 17.9 Å². The molecule has 0 saturated carbocycles. The summed E-state index contributed by atoms with van der Waals surface area (Å²) in [4.78, 5) is 35.6. The molecule has 0 N–H and O–H groups in total.